The van der Waals surface area contributed by atoms with E-state index in [4.69, 9.17) is 0 Å². The summed E-state index contributed by atoms with van der Waals surface area (Å²) in [5, 5.41) is 11.3. The summed E-state index contributed by atoms with van der Waals surface area (Å²) >= 11 is 0. The minimum atomic E-state index is -0.373. The number of aromatic nitrogens is 2. The lowest BCUT2D eigenvalue weighted by Crippen LogP contribution is -2.22. The maximum Gasteiger partial charge on any atom is 0.406 e. The van der Waals surface area contributed by atoms with Crippen molar-refractivity contribution in [2.45, 2.75) is 26.3 Å². The molecule has 21 heavy (non-hydrogen) atoms. The van der Waals surface area contributed by atoms with Gasteiger partial charge < -0.3 is 15.0 Å². The largest absolute Gasteiger partial charge is 0.406 e. The van der Waals surface area contributed by atoms with Gasteiger partial charge in [0.1, 0.15) is 0 Å². The molecule has 1 aliphatic heterocycles. The van der Waals surface area contributed by atoms with Gasteiger partial charge in [0.15, 0.2) is 0 Å². The first kappa shape index (κ1) is 13.6. The summed E-state index contributed by atoms with van der Waals surface area (Å²) in [5.74, 6) is 1.32. The van der Waals surface area contributed by atoms with E-state index in [0.717, 1.165) is 31.5 Å². The molecule has 0 unspecified atom stereocenters. The molecule has 3 rings (SSSR count). The van der Waals surface area contributed by atoms with Crippen LogP contribution in [0.3, 0.4) is 0 Å². The number of hydrogen-bond acceptors (Lipinski definition) is 4. The monoisotopic (exact) mass is 286 g/mol. The van der Waals surface area contributed by atoms with Crippen molar-refractivity contribution in [3.05, 3.63) is 51.8 Å². The number of nitrogens with zero attached hydrogens (tertiary/aromatic N) is 4. The fourth-order valence-corrected chi connectivity index (χ4v) is 2.86. The zero-order chi connectivity index (χ0) is 14.8. The van der Waals surface area contributed by atoms with Crippen LogP contribution >= 0.6 is 0 Å². The van der Waals surface area contributed by atoms with Crippen LogP contribution in [-0.4, -0.2) is 27.6 Å². The minimum Gasteiger partial charge on any atom is -0.358 e. The molecule has 0 atom stereocenters. The van der Waals surface area contributed by atoms with Gasteiger partial charge in [-0.05, 0) is 28.3 Å². The standard InChI is InChI=1S/C15H18N4O2/c1-12-16-14(19(20)21)15(17-9-5-6-10-17)18(12)11-13-7-3-2-4-8-13/h2-4,7-8H,5-6,9-11H2,1H3. The highest BCUT2D eigenvalue weighted by atomic mass is 16.6. The maximum atomic E-state index is 11.3. The minimum absolute atomic E-state index is 0.0228. The molecule has 2 aromatic rings. The van der Waals surface area contributed by atoms with Gasteiger partial charge in [0.05, 0.1) is 6.54 Å². The number of nitro groups is 1. The van der Waals surface area contributed by atoms with E-state index < -0.39 is 0 Å². The molecular weight excluding hydrogens is 268 g/mol. The van der Waals surface area contributed by atoms with Gasteiger partial charge in [-0.25, -0.2) is 0 Å². The van der Waals surface area contributed by atoms with Gasteiger partial charge in [0.25, 0.3) is 0 Å². The van der Waals surface area contributed by atoms with Crippen molar-refractivity contribution in [2.75, 3.05) is 18.0 Å². The summed E-state index contributed by atoms with van der Waals surface area (Å²) in [4.78, 5) is 17.2. The second-order valence-corrected chi connectivity index (χ2v) is 5.33. The molecular formula is C15H18N4O2. The molecule has 1 aromatic heterocycles. The van der Waals surface area contributed by atoms with Crippen LogP contribution < -0.4 is 4.90 Å². The first-order valence-electron chi connectivity index (χ1n) is 7.17. The summed E-state index contributed by atoms with van der Waals surface area (Å²) in [6.07, 6.45) is 2.15. The van der Waals surface area contributed by atoms with Crippen molar-refractivity contribution in [3.63, 3.8) is 0 Å². The van der Waals surface area contributed by atoms with E-state index in [1.54, 1.807) is 0 Å². The Kier molecular flexibility index (Phi) is 3.60. The number of imidazole rings is 1. The molecule has 6 nitrogen and oxygen atoms in total. The SMILES string of the molecule is Cc1nc([N+](=O)[O-])c(N2CCCC2)n1Cc1ccccc1. The van der Waals surface area contributed by atoms with E-state index in [-0.39, 0.29) is 10.7 Å². The second-order valence-electron chi connectivity index (χ2n) is 5.33. The lowest BCUT2D eigenvalue weighted by atomic mass is 10.2. The van der Waals surface area contributed by atoms with E-state index in [9.17, 15) is 10.1 Å². The highest BCUT2D eigenvalue weighted by Crippen LogP contribution is 2.32. The molecule has 0 amide bonds. The number of rotatable bonds is 4. The van der Waals surface area contributed by atoms with Gasteiger partial charge in [0, 0.05) is 20.0 Å². The molecule has 1 aliphatic rings. The number of benzene rings is 1. The van der Waals surface area contributed by atoms with E-state index in [0.29, 0.717) is 18.2 Å². The van der Waals surface area contributed by atoms with Crippen molar-refractivity contribution in [3.8, 4) is 0 Å². The molecule has 0 bridgehead atoms. The van der Waals surface area contributed by atoms with Gasteiger partial charge in [-0.1, -0.05) is 30.3 Å². The highest BCUT2D eigenvalue weighted by molar-refractivity contribution is 5.57. The van der Waals surface area contributed by atoms with Gasteiger partial charge >= 0.3 is 5.82 Å². The molecule has 0 aliphatic carbocycles. The van der Waals surface area contributed by atoms with Crippen LogP contribution in [0.4, 0.5) is 11.6 Å². The molecule has 1 fully saturated rings. The predicted octanol–water partition coefficient (Wildman–Crippen LogP) is 2.75. The third kappa shape index (κ3) is 2.61. The Morgan fingerprint density at radius 2 is 1.90 bits per heavy atom. The molecule has 6 heteroatoms. The first-order valence-corrected chi connectivity index (χ1v) is 7.17. The number of aryl methyl sites for hydroxylation is 1. The third-order valence-electron chi connectivity index (χ3n) is 3.88. The molecule has 1 saturated heterocycles. The molecule has 110 valence electrons. The van der Waals surface area contributed by atoms with Crippen LogP contribution in [0.1, 0.15) is 24.2 Å². The van der Waals surface area contributed by atoms with E-state index >= 15 is 0 Å². The summed E-state index contributed by atoms with van der Waals surface area (Å²) in [6, 6.07) is 9.98. The molecule has 0 radical (unpaired) electrons. The topological polar surface area (TPSA) is 64.2 Å². The molecule has 0 spiro atoms. The number of hydrogen-bond donors (Lipinski definition) is 0. The van der Waals surface area contributed by atoms with Crippen molar-refractivity contribution in [1.29, 1.82) is 0 Å². The van der Waals surface area contributed by atoms with Crippen molar-refractivity contribution < 1.29 is 4.92 Å². The Bertz CT molecular complexity index is 645. The van der Waals surface area contributed by atoms with Crippen molar-refractivity contribution >= 4 is 11.6 Å². The van der Waals surface area contributed by atoms with Crippen molar-refractivity contribution in [1.82, 2.24) is 9.55 Å². The predicted molar refractivity (Wildman–Crippen MR) is 80.6 cm³/mol. The average molecular weight is 286 g/mol. The Morgan fingerprint density at radius 1 is 1.24 bits per heavy atom. The smallest absolute Gasteiger partial charge is 0.358 e. The van der Waals surface area contributed by atoms with Gasteiger partial charge in [-0.15, -0.1) is 0 Å². The molecule has 0 saturated carbocycles. The van der Waals surface area contributed by atoms with Crippen LogP contribution in [0.5, 0.6) is 0 Å². The quantitative estimate of drug-likeness (QED) is 0.640. The van der Waals surface area contributed by atoms with E-state index in [1.165, 1.54) is 0 Å². The van der Waals surface area contributed by atoms with Gasteiger partial charge in [0.2, 0.25) is 11.6 Å². The normalized spacial score (nSPS) is 14.6. The van der Waals surface area contributed by atoms with Gasteiger partial charge in [-0.3, -0.25) is 4.57 Å². The zero-order valence-corrected chi connectivity index (χ0v) is 12.0. The third-order valence-corrected chi connectivity index (χ3v) is 3.88. The van der Waals surface area contributed by atoms with Gasteiger partial charge in [-0.2, -0.15) is 0 Å². The Balaban J connectivity index is 2.03. The molecule has 1 aromatic carbocycles. The van der Waals surface area contributed by atoms with Crippen LogP contribution in [0, 0.1) is 17.0 Å². The Labute approximate surface area is 123 Å². The maximum absolute atomic E-state index is 11.3. The summed E-state index contributed by atoms with van der Waals surface area (Å²) < 4.78 is 1.96. The van der Waals surface area contributed by atoms with Crippen LogP contribution in [0.2, 0.25) is 0 Å². The lowest BCUT2D eigenvalue weighted by molar-refractivity contribution is -0.388. The average Bonchev–Trinajstić information content (AvgIpc) is 3.09. The molecule has 0 N–H and O–H groups in total. The Hall–Kier alpha value is -2.37. The van der Waals surface area contributed by atoms with E-state index in [2.05, 4.69) is 9.88 Å². The Morgan fingerprint density at radius 3 is 2.52 bits per heavy atom. The van der Waals surface area contributed by atoms with Crippen LogP contribution in [-0.2, 0) is 6.54 Å². The van der Waals surface area contributed by atoms with E-state index in [1.807, 2.05) is 41.8 Å². The van der Waals surface area contributed by atoms with Crippen LogP contribution in [0.15, 0.2) is 30.3 Å². The lowest BCUT2D eigenvalue weighted by Gasteiger charge is -2.18. The van der Waals surface area contributed by atoms with Crippen molar-refractivity contribution in [2.24, 2.45) is 0 Å². The fraction of sp³-hybridized carbons (Fsp3) is 0.400. The van der Waals surface area contributed by atoms with Crippen LogP contribution in [0.25, 0.3) is 0 Å². The summed E-state index contributed by atoms with van der Waals surface area (Å²) in [6.45, 7) is 4.16. The first-order chi connectivity index (χ1) is 10.2. The fourth-order valence-electron chi connectivity index (χ4n) is 2.86. The molecule has 2 heterocycles. The number of anilines is 1. The summed E-state index contributed by atoms with van der Waals surface area (Å²) in [5.41, 5.74) is 1.12. The highest BCUT2D eigenvalue weighted by Gasteiger charge is 2.31. The summed E-state index contributed by atoms with van der Waals surface area (Å²) in [7, 11) is 0. The second kappa shape index (κ2) is 5.55. The zero-order valence-electron chi connectivity index (χ0n) is 12.0.